The number of phenolic OH excluding ortho intramolecular Hbond substituents is 1. The Balaban J connectivity index is 1.80. The lowest BCUT2D eigenvalue weighted by Crippen LogP contribution is -2.41. The maximum Gasteiger partial charge on any atom is 0.276 e. The van der Waals surface area contributed by atoms with Crippen molar-refractivity contribution in [2.75, 3.05) is 0 Å². The first-order valence-electron chi connectivity index (χ1n) is 7.30. The maximum absolute atomic E-state index is 12.5. The number of amides is 1. The summed E-state index contributed by atoms with van der Waals surface area (Å²) in [5.74, 6) is 0.169. The molecule has 0 aromatic heterocycles. The van der Waals surface area contributed by atoms with E-state index in [-0.39, 0.29) is 17.7 Å². The molecule has 1 amide bonds. The predicted molar refractivity (Wildman–Crippen MR) is 85.5 cm³/mol. The molecule has 2 fully saturated rings. The Morgan fingerprint density at radius 3 is 2.52 bits per heavy atom. The summed E-state index contributed by atoms with van der Waals surface area (Å²) >= 11 is 5.33. The molecule has 110 valence electrons. The number of nitrogens with one attached hydrogen (secondary N) is 1. The van der Waals surface area contributed by atoms with Crippen LogP contribution in [0.3, 0.4) is 0 Å². The molecule has 1 heterocycles. The highest BCUT2D eigenvalue weighted by atomic mass is 32.1. The summed E-state index contributed by atoms with van der Waals surface area (Å²) in [5, 5.41) is 12.8. The molecule has 4 nitrogen and oxygen atoms in total. The minimum atomic E-state index is -0.0417. The smallest absolute Gasteiger partial charge is 0.276 e. The van der Waals surface area contributed by atoms with E-state index >= 15 is 0 Å². The van der Waals surface area contributed by atoms with Crippen molar-refractivity contribution in [3.63, 3.8) is 0 Å². The standard InChI is InChI=1S/C16H18N2O2S/c19-13-8-6-11(7-9-13)10-14-15(20)18(16(21)17-14)12-4-2-1-3-5-12/h6-10,12,19H,1-5H2,(H,17,21)/b14-10-. The van der Waals surface area contributed by atoms with Crippen molar-refractivity contribution in [2.45, 2.75) is 38.1 Å². The lowest BCUT2D eigenvalue weighted by Gasteiger charge is -2.29. The van der Waals surface area contributed by atoms with Crippen LogP contribution in [0.4, 0.5) is 0 Å². The fraction of sp³-hybridized carbons (Fsp3) is 0.375. The van der Waals surface area contributed by atoms with Crippen molar-refractivity contribution >= 4 is 29.3 Å². The van der Waals surface area contributed by atoms with Crippen molar-refractivity contribution in [2.24, 2.45) is 0 Å². The van der Waals surface area contributed by atoms with Gasteiger partial charge in [0.15, 0.2) is 5.11 Å². The van der Waals surface area contributed by atoms with Crippen LogP contribution in [0.2, 0.25) is 0 Å². The summed E-state index contributed by atoms with van der Waals surface area (Å²) in [4.78, 5) is 14.3. The topological polar surface area (TPSA) is 52.6 Å². The Hall–Kier alpha value is -1.88. The van der Waals surface area contributed by atoms with E-state index in [9.17, 15) is 9.90 Å². The van der Waals surface area contributed by atoms with Gasteiger partial charge < -0.3 is 10.4 Å². The largest absolute Gasteiger partial charge is 0.508 e. The van der Waals surface area contributed by atoms with Gasteiger partial charge in [-0.25, -0.2) is 0 Å². The fourth-order valence-corrected chi connectivity index (χ4v) is 3.30. The van der Waals surface area contributed by atoms with Crippen LogP contribution in [0.1, 0.15) is 37.7 Å². The number of phenols is 1. The van der Waals surface area contributed by atoms with Gasteiger partial charge in [0.1, 0.15) is 11.4 Å². The molecule has 0 bridgehead atoms. The van der Waals surface area contributed by atoms with Crippen LogP contribution >= 0.6 is 12.2 Å². The third-order valence-electron chi connectivity index (χ3n) is 4.05. The SMILES string of the molecule is O=C1/C(=C/c2ccc(O)cc2)NC(=S)N1C1CCCCC1. The highest BCUT2D eigenvalue weighted by Gasteiger charge is 2.36. The number of rotatable bonds is 2. The van der Waals surface area contributed by atoms with Crippen molar-refractivity contribution in [1.82, 2.24) is 10.2 Å². The Labute approximate surface area is 129 Å². The Bertz CT molecular complexity index is 589. The first kappa shape index (κ1) is 14.1. The van der Waals surface area contributed by atoms with E-state index in [0.29, 0.717) is 10.8 Å². The van der Waals surface area contributed by atoms with E-state index in [2.05, 4.69) is 5.32 Å². The molecule has 1 aromatic carbocycles. The number of nitrogens with zero attached hydrogens (tertiary/aromatic N) is 1. The van der Waals surface area contributed by atoms with Crippen molar-refractivity contribution in [1.29, 1.82) is 0 Å². The van der Waals surface area contributed by atoms with Gasteiger partial charge in [-0.3, -0.25) is 9.69 Å². The lowest BCUT2D eigenvalue weighted by molar-refractivity contribution is -0.124. The molecule has 2 aliphatic rings. The first-order valence-corrected chi connectivity index (χ1v) is 7.71. The molecule has 1 saturated carbocycles. The van der Waals surface area contributed by atoms with Gasteiger partial charge >= 0.3 is 0 Å². The molecule has 0 atom stereocenters. The highest BCUT2D eigenvalue weighted by Crippen LogP contribution is 2.27. The van der Waals surface area contributed by atoms with Crippen molar-refractivity contribution < 1.29 is 9.90 Å². The summed E-state index contributed by atoms with van der Waals surface area (Å²) < 4.78 is 0. The van der Waals surface area contributed by atoms with Gasteiger partial charge in [-0.1, -0.05) is 31.4 Å². The number of carbonyl (C=O) groups is 1. The second-order valence-corrected chi connectivity index (χ2v) is 5.93. The number of thiocarbonyl (C=S) groups is 1. The molecule has 0 unspecified atom stereocenters. The molecule has 0 spiro atoms. The molecule has 5 heteroatoms. The second kappa shape index (κ2) is 5.85. The van der Waals surface area contributed by atoms with Gasteiger partial charge in [-0.15, -0.1) is 0 Å². The Morgan fingerprint density at radius 1 is 1.19 bits per heavy atom. The Morgan fingerprint density at radius 2 is 1.86 bits per heavy atom. The van der Waals surface area contributed by atoms with Gasteiger partial charge in [-0.2, -0.15) is 0 Å². The maximum atomic E-state index is 12.5. The van der Waals surface area contributed by atoms with Crippen LogP contribution in [-0.4, -0.2) is 27.1 Å². The van der Waals surface area contributed by atoms with Crippen LogP contribution < -0.4 is 5.32 Å². The van der Waals surface area contributed by atoms with Gasteiger partial charge in [0.2, 0.25) is 0 Å². The Kier molecular flexibility index (Phi) is 3.92. The van der Waals surface area contributed by atoms with Crippen LogP contribution in [0.5, 0.6) is 5.75 Å². The molecular weight excluding hydrogens is 284 g/mol. The number of benzene rings is 1. The van der Waals surface area contributed by atoms with E-state index < -0.39 is 0 Å². The molecule has 1 aliphatic heterocycles. The molecule has 21 heavy (non-hydrogen) atoms. The van der Waals surface area contributed by atoms with Gasteiger partial charge in [-0.05, 0) is 48.8 Å². The zero-order valence-electron chi connectivity index (χ0n) is 11.7. The van der Waals surface area contributed by atoms with E-state index in [1.54, 1.807) is 35.2 Å². The van der Waals surface area contributed by atoms with Crippen LogP contribution in [0.25, 0.3) is 6.08 Å². The summed E-state index contributed by atoms with van der Waals surface area (Å²) in [7, 11) is 0. The van der Waals surface area contributed by atoms with E-state index in [0.717, 1.165) is 31.2 Å². The monoisotopic (exact) mass is 302 g/mol. The number of aromatic hydroxyl groups is 1. The van der Waals surface area contributed by atoms with Crippen LogP contribution in [0, 0.1) is 0 Å². The van der Waals surface area contributed by atoms with E-state index in [1.807, 2.05) is 0 Å². The summed E-state index contributed by atoms with van der Waals surface area (Å²) in [6, 6.07) is 6.97. The lowest BCUT2D eigenvalue weighted by atomic mass is 9.94. The van der Waals surface area contributed by atoms with E-state index in [1.165, 1.54) is 6.42 Å². The number of carbonyl (C=O) groups excluding carboxylic acids is 1. The molecule has 3 rings (SSSR count). The molecular formula is C16H18N2O2S. The average molecular weight is 302 g/mol. The summed E-state index contributed by atoms with van der Waals surface area (Å²) in [6.45, 7) is 0. The van der Waals surface area contributed by atoms with E-state index in [4.69, 9.17) is 12.2 Å². The minimum Gasteiger partial charge on any atom is -0.508 e. The summed E-state index contributed by atoms with van der Waals surface area (Å²) in [5.41, 5.74) is 1.37. The normalized spacial score (nSPS) is 21.9. The van der Waals surface area contributed by atoms with Gasteiger partial charge in [0.25, 0.3) is 5.91 Å². The predicted octanol–water partition coefficient (Wildman–Crippen LogP) is 2.78. The van der Waals surface area contributed by atoms with Crippen molar-refractivity contribution in [3.05, 3.63) is 35.5 Å². The number of hydrogen-bond donors (Lipinski definition) is 2. The molecule has 1 aliphatic carbocycles. The third-order valence-corrected chi connectivity index (χ3v) is 4.35. The molecule has 1 saturated heterocycles. The zero-order chi connectivity index (χ0) is 14.8. The van der Waals surface area contributed by atoms with Crippen LogP contribution in [-0.2, 0) is 4.79 Å². The fourth-order valence-electron chi connectivity index (χ4n) is 2.96. The first-order chi connectivity index (χ1) is 10.1. The quantitative estimate of drug-likeness (QED) is 0.651. The van der Waals surface area contributed by atoms with Gasteiger partial charge in [0, 0.05) is 6.04 Å². The minimum absolute atomic E-state index is 0.0417. The summed E-state index contributed by atoms with van der Waals surface area (Å²) in [6.07, 6.45) is 7.40. The zero-order valence-corrected chi connectivity index (χ0v) is 12.5. The third kappa shape index (κ3) is 2.93. The highest BCUT2D eigenvalue weighted by molar-refractivity contribution is 7.80. The second-order valence-electron chi connectivity index (χ2n) is 5.55. The van der Waals surface area contributed by atoms with Crippen LogP contribution in [0.15, 0.2) is 30.0 Å². The molecule has 0 radical (unpaired) electrons. The molecule has 1 aromatic rings. The van der Waals surface area contributed by atoms with Crippen molar-refractivity contribution in [3.8, 4) is 5.75 Å². The van der Waals surface area contributed by atoms with Gasteiger partial charge in [0.05, 0.1) is 0 Å². The number of hydrogen-bond acceptors (Lipinski definition) is 3. The molecule has 2 N–H and O–H groups in total. The average Bonchev–Trinajstić information content (AvgIpc) is 2.77.